The summed E-state index contributed by atoms with van der Waals surface area (Å²) in [5, 5.41) is 30.6. The van der Waals surface area contributed by atoms with E-state index in [1.807, 2.05) is 18.2 Å². The van der Waals surface area contributed by atoms with Crippen molar-refractivity contribution in [1.29, 1.82) is 0 Å². The molecule has 1 aromatic heterocycles. The van der Waals surface area contributed by atoms with Gasteiger partial charge in [-0.3, -0.25) is 4.79 Å². The molecule has 0 aliphatic heterocycles. The van der Waals surface area contributed by atoms with E-state index in [9.17, 15) is 24.9 Å². The van der Waals surface area contributed by atoms with Crippen LogP contribution in [0.1, 0.15) is 59.1 Å². The molecule has 2 aromatic rings. The van der Waals surface area contributed by atoms with Gasteiger partial charge < -0.3 is 25.0 Å². The van der Waals surface area contributed by atoms with Gasteiger partial charge in [-0.15, -0.1) is 22.9 Å². The van der Waals surface area contributed by atoms with Crippen molar-refractivity contribution in [1.82, 2.24) is 4.90 Å². The SMILES string of the molecule is CC(=O)N(CCO)C(CO)(CO)COC(=O)c1ccc(CCC[C@@H]2[C@@H](CCc3cc(Cl)cc(Cl)c3)CC[C@H]2Cl)s1. The van der Waals surface area contributed by atoms with E-state index in [2.05, 4.69) is 0 Å². The summed E-state index contributed by atoms with van der Waals surface area (Å²) in [6.07, 6.45) is 6.88. The largest absolute Gasteiger partial charge is 0.459 e. The molecule has 3 N–H and O–H groups in total. The van der Waals surface area contributed by atoms with E-state index < -0.39 is 37.2 Å². The third-order valence-corrected chi connectivity index (χ3v) is 9.87. The van der Waals surface area contributed by atoms with Gasteiger partial charge in [-0.25, -0.2) is 4.79 Å². The molecule has 0 unspecified atom stereocenters. The smallest absolute Gasteiger partial charge is 0.348 e. The van der Waals surface area contributed by atoms with E-state index in [1.165, 1.54) is 18.3 Å². The van der Waals surface area contributed by atoms with Crippen LogP contribution in [0.4, 0.5) is 0 Å². The molecule has 40 heavy (non-hydrogen) atoms. The van der Waals surface area contributed by atoms with Gasteiger partial charge in [0.05, 0.1) is 19.8 Å². The molecule has 3 rings (SSSR count). The Morgan fingerprint density at radius 2 is 1.75 bits per heavy atom. The molecule has 1 fully saturated rings. The quantitative estimate of drug-likeness (QED) is 0.180. The van der Waals surface area contributed by atoms with Gasteiger partial charge in [-0.05, 0) is 92.7 Å². The fourth-order valence-corrected chi connectivity index (χ4v) is 7.57. The summed E-state index contributed by atoms with van der Waals surface area (Å²) in [5.41, 5.74) is -0.371. The number of ether oxygens (including phenoxy) is 1. The molecule has 1 aromatic carbocycles. The Labute approximate surface area is 255 Å². The number of rotatable bonds is 15. The van der Waals surface area contributed by atoms with Crippen LogP contribution in [0.15, 0.2) is 30.3 Å². The first-order valence-electron chi connectivity index (χ1n) is 13.6. The van der Waals surface area contributed by atoms with Crippen molar-refractivity contribution < 1.29 is 29.6 Å². The summed E-state index contributed by atoms with van der Waals surface area (Å²) in [4.78, 5) is 27.3. The number of carbonyl (C=O) groups is 2. The fraction of sp³-hybridized carbons (Fsp3) is 0.586. The molecule has 0 radical (unpaired) electrons. The predicted molar refractivity (Wildman–Crippen MR) is 160 cm³/mol. The second-order valence-corrected chi connectivity index (χ2v) is 13.1. The molecule has 0 saturated heterocycles. The Balaban J connectivity index is 1.51. The maximum atomic E-state index is 12.7. The monoisotopic (exact) mass is 633 g/mol. The molecular formula is C29H38Cl3NO6S. The lowest BCUT2D eigenvalue weighted by molar-refractivity contribution is -0.144. The molecule has 11 heteroatoms. The van der Waals surface area contributed by atoms with Gasteiger partial charge >= 0.3 is 5.97 Å². The number of aliphatic hydroxyl groups excluding tert-OH is 3. The number of alkyl halides is 1. The maximum absolute atomic E-state index is 12.7. The summed E-state index contributed by atoms with van der Waals surface area (Å²) >= 11 is 20.4. The Hall–Kier alpha value is -1.39. The number of aryl methyl sites for hydroxylation is 2. The number of hydrogen-bond donors (Lipinski definition) is 3. The molecular weight excluding hydrogens is 597 g/mol. The maximum Gasteiger partial charge on any atom is 0.348 e. The van der Waals surface area contributed by atoms with Crippen LogP contribution in [0.25, 0.3) is 0 Å². The van der Waals surface area contributed by atoms with Crippen molar-refractivity contribution in [3.8, 4) is 0 Å². The Kier molecular flexibility index (Phi) is 13.0. The average Bonchev–Trinajstić information content (AvgIpc) is 3.53. The standard InChI is InChI=1S/C29H38Cl3NO6S/c1-19(37)33(11-12-34)29(16-35,17-36)18-39-28(38)27-10-8-24(40-27)3-2-4-25-21(7-9-26(25)32)6-5-20-13-22(30)15-23(31)14-20/h8,10,13-15,21,25-26,34-36H,2-7,9,11-12,16-18H2,1H3/t21-,25+,26+/m0/s1. The number of carbonyl (C=O) groups excluding carboxylic acids is 2. The molecule has 1 aliphatic carbocycles. The van der Waals surface area contributed by atoms with Crippen molar-refractivity contribution in [2.45, 2.75) is 62.8 Å². The minimum atomic E-state index is -1.51. The molecule has 222 valence electrons. The normalized spacial score (nSPS) is 19.1. The minimum Gasteiger partial charge on any atom is -0.459 e. The number of aliphatic hydroxyl groups is 3. The summed E-state index contributed by atoms with van der Waals surface area (Å²) in [7, 11) is 0. The number of nitrogens with zero attached hydrogens (tertiary/aromatic N) is 1. The topological polar surface area (TPSA) is 107 Å². The average molecular weight is 635 g/mol. The minimum absolute atomic E-state index is 0.100. The van der Waals surface area contributed by atoms with Crippen molar-refractivity contribution in [3.63, 3.8) is 0 Å². The molecule has 0 bridgehead atoms. The van der Waals surface area contributed by atoms with Crippen molar-refractivity contribution in [2.75, 3.05) is 33.0 Å². The number of β-amino-alcohol motifs (C(OH)–C–C–N with tert-alkyl or cyclic N) is 1. The Morgan fingerprint density at radius 3 is 2.38 bits per heavy atom. The van der Waals surface area contributed by atoms with Crippen LogP contribution in [0.2, 0.25) is 10.0 Å². The van der Waals surface area contributed by atoms with E-state index in [4.69, 9.17) is 39.5 Å². The highest BCUT2D eigenvalue weighted by molar-refractivity contribution is 7.13. The van der Waals surface area contributed by atoms with Crippen molar-refractivity contribution >= 4 is 58.0 Å². The second-order valence-electron chi connectivity index (χ2n) is 10.5. The number of thiophene rings is 1. The highest BCUT2D eigenvalue weighted by atomic mass is 35.5. The van der Waals surface area contributed by atoms with Crippen LogP contribution in [0.3, 0.4) is 0 Å². The first kappa shape index (κ1) is 33.1. The number of hydrogen-bond acceptors (Lipinski definition) is 7. The third-order valence-electron chi connectivity index (χ3n) is 7.77. The van der Waals surface area contributed by atoms with Gasteiger partial charge in [0.25, 0.3) is 0 Å². The zero-order valence-electron chi connectivity index (χ0n) is 22.7. The van der Waals surface area contributed by atoms with Crippen LogP contribution in [-0.4, -0.2) is 76.0 Å². The molecule has 1 amide bonds. The lowest BCUT2D eigenvalue weighted by atomic mass is 9.86. The van der Waals surface area contributed by atoms with E-state index in [0.29, 0.717) is 26.8 Å². The zero-order chi connectivity index (χ0) is 29.3. The summed E-state index contributed by atoms with van der Waals surface area (Å²) < 4.78 is 5.40. The van der Waals surface area contributed by atoms with Gasteiger partial charge in [-0.2, -0.15) is 0 Å². The van der Waals surface area contributed by atoms with E-state index >= 15 is 0 Å². The fourth-order valence-electron chi connectivity index (χ4n) is 5.60. The van der Waals surface area contributed by atoms with Gasteiger partial charge in [0.1, 0.15) is 17.0 Å². The van der Waals surface area contributed by atoms with Crippen molar-refractivity contribution in [3.05, 3.63) is 55.7 Å². The first-order chi connectivity index (χ1) is 19.1. The number of halogens is 3. The van der Waals surface area contributed by atoms with Crippen LogP contribution >= 0.6 is 46.1 Å². The van der Waals surface area contributed by atoms with Gasteiger partial charge in [0, 0.05) is 33.8 Å². The Morgan fingerprint density at radius 1 is 1.05 bits per heavy atom. The Bertz CT molecular complexity index is 1100. The van der Waals surface area contributed by atoms with Gasteiger partial charge in [0.2, 0.25) is 5.91 Å². The lowest BCUT2D eigenvalue weighted by Crippen LogP contribution is -2.60. The highest BCUT2D eigenvalue weighted by Gasteiger charge is 2.39. The van der Waals surface area contributed by atoms with Crippen LogP contribution in [-0.2, 0) is 22.4 Å². The predicted octanol–water partition coefficient (Wildman–Crippen LogP) is 5.37. The van der Waals surface area contributed by atoms with Crippen molar-refractivity contribution in [2.24, 2.45) is 11.8 Å². The van der Waals surface area contributed by atoms with Crippen LogP contribution in [0, 0.1) is 11.8 Å². The molecule has 1 saturated carbocycles. The second kappa shape index (κ2) is 15.7. The van der Waals surface area contributed by atoms with E-state index in [0.717, 1.165) is 60.3 Å². The zero-order valence-corrected chi connectivity index (χ0v) is 25.7. The molecule has 1 heterocycles. The number of amides is 1. The van der Waals surface area contributed by atoms with Crippen LogP contribution in [0.5, 0.6) is 0 Å². The van der Waals surface area contributed by atoms with Gasteiger partial charge in [-0.1, -0.05) is 23.2 Å². The summed E-state index contributed by atoms with van der Waals surface area (Å²) in [6, 6.07) is 9.30. The molecule has 1 aliphatic rings. The molecule has 7 nitrogen and oxygen atoms in total. The summed E-state index contributed by atoms with van der Waals surface area (Å²) in [6.45, 7) is -0.833. The number of benzene rings is 1. The summed E-state index contributed by atoms with van der Waals surface area (Å²) in [5.74, 6) is -0.0567. The lowest BCUT2D eigenvalue weighted by Gasteiger charge is -2.40. The number of esters is 1. The molecule has 0 spiro atoms. The van der Waals surface area contributed by atoms with E-state index in [1.54, 1.807) is 12.1 Å². The highest BCUT2D eigenvalue weighted by Crippen LogP contribution is 2.41. The first-order valence-corrected chi connectivity index (χ1v) is 15.6. The third kappa shape index (κ3) is 8.81. The van der Waals surface area contributed by atoms with E-state index in [-0.39, 0.29) is 18.5 Å². The van der Waals surface area contributed by atoms with Crippen LogP contribution < -0.4 is 0 Å². The molecule has 3 atom stereocenters. The van der Waals surface area contributed by atoms with Gasteiger partial charge in [0.15, 0.2) is 0 Å².